The van der Waals surface area contributed by atoms with Gasteiger partial charge in [-0.25, -0.2) is 15.0 Å². The van der Waals surface area contributed by atoms with Gasteiger partial charge in [0.15, 0.2) is 0 Å². The minimum atomic E-state index is 0.285. The van der Waals surface area contributed by atoms with E-state index in [4.69, 9.17) is 5.73 Å². The molecule has 3 rings (SSSR count). The highest BCUT2D eigenvalue weighted by atomic mass is 15.0. The van der Waals surface area contributed by atoms with Crippen molar-refractivity contribution in [2.75, 3.05) is 5.73 Å². The first kappa shape index (κ1) is 11.6. The van der Waals surface area contributed by atoms with Crippen LogP contribution in [0.3, 0.4) is 0 Å². The molecule has 0 unspecified atom stereocenters. The van der Waals surface area contributed by atoms with E-state index >= 15 is 0 Å². The summed E-state index contributed by atoms with van der Waals surface area (Å²) in [5.41, 5.74) is 9.67. The lowest BCUT2D eigenvalue weighted by molar-refractivity contribution is 0.928. The molecule has 0 aliphatic rings. The highest BCUT2D eigenvalue weighted by Crippen LogP contribution is 2.29. The molecule has 0 saturated carbocycles. The summed E-state index contributed by atoms with van der Waals surface area (Å²) in [6.45, 7) is 2.17. The van der Waals surface area contributed by atoms with E-state index in [-0.39, 0.29) is 5.95 Å². The number of nitrogens with one attached hydrogen (secondary N) is 1. The molecule has 0 bridgehead atoms. The summed E-state index contributed by atoms with van der Waals surface area (Å²) in [6, 6.07) is 3.93. The van der Waals surface area contributed by atoms with Crippen LogP contribution in [-0.4, -0.2) is 19.9 Å². The van der Waals surface area contributed by atoms with Gasteiger partial charge in [0.2, 0.25) is 5.95 Å². The van der Waals surface area contributed by atoms with Gasteiger partial charge in [-0.15, -0.1) is 0 Å². The number of aromatic amines is 1. The minimum Gasteiger partial charge on any atom is -0.368 e. The zero-order valence-electron chi connectivity index (χ0n) is 10.7. The second-order valence-electron chi connectivity index (χ2n) is 4.45. The highest BCUT2D eigenvalue weighted by Gasteiger charge is 2.12. The Hall–Kier alpha value is -2.43. The third-order valence-electron chi connectivity index (χ3n) is 3.13. The maximum Gasteiger partial charge on any atom is 0.220 e. The van der Waals surface area contributed by atoms with Crippen LogP contribution in [0.4, 0.5) is 5.95 Å². The summed E-state index contributed by atoms with van der Waals surface area (Å²) in [5, 5.41) is 1.13. The third-order valence-corrected chi connectivity index (χ3v) is 3.13. The van der Waals surface area contributed by atoms with E-state index in [0.29, 0.717) is 0 Å². The zero-order valence-corrected chi connectivity index (χ0v) is 10.7. The minimum absolute atomic E-state index is 0.285. The Labute approximate surface area is 110 Å². The van der Waals surface area contributed by atoms with Gasteiger partial charge in [0.1, 0.15) is 5.65 Å². The van der Waals surface area contributed by atoms with E-state index in [2.05, 4.69) is 32.9 Å². The lowest BCUT2D eigenvalue weighted by atomic mass is 10.0. The quantitative estimate of drug-likeness (QED) is 0.751. The van der Waals surface area contributed by atoms with E-state index in [1.807, 2.05) is 18.5 Å². The second-order valence-corrected chi connectivity index (χ2v) is 4.45. The van der Waals surface area contributed by atoms with Gasteiger partial charge in [0.25, 0.3) is 0 Å². The fraction of sp³-hybridized carbons (Fsp3) is 0.214. The molecule has 0 aliphatic heterocycles. The first-order valence-electron chi connectivity index (χ1n) is 6.33. The van der Waals surface area contributed by atoms with Crippen molar-refractivity contribution in [2.45, 2.75) is 19.8 Å². The Bertz CT molecular complexity index is 717. The summed E-state index contributed by atoms with van der Waals surface area (Å²) in [6.07, 6.45) is 7.55. The third kappa shape index (κ3) is 2.03. The van der Waals surface area contributed by atoms with Crippen molar-refractivity contribution in [3.05, 3.63) is 36.3 Å². The molecule has 0 atom stereocenters. The van der Waals surface area contributed by atoms with Crippen molar-refractivity contribution in [2.24, 2.45) is 0 Å². The molecule has 0 fully saturated rings. The number of aromatic nitrogens is 4. The number of pyridine rings is 1. The summed E-state index contributed by atoms with van der Waals surface area (Å²) in [5.74, 6) is 0.285. The van der Waals surface area contributed by atoms with Crippen molar-refractivity contribution in [1.82, 2.24) is 19.9 Å². The first-order valence-corrected chi connectivity index (χ1v) is 6.33. The SMILES string of the molecule is CCCc1ccnc2[nH]cc(-c3ccnc(N)n3)c12. The van der Waals surface area contributed by atoms with Crippen molar-refractivity contribution in [3.8, 4) is 11.3 Å². The summed E-state index contributed by atoms with van der Waals surface area (Å²) in [4.78, 5) is 15.8. The molecule has 19 heavy (non-hydrogen) atoms. The number of nitrogens with zero attached hydrogens (tertiary/aromatic N) is 3. The van der Waals surface area contributed by atoms with E-state index in [0.717, 1.165) is 35.1 Å². The molecular weight excluding hydrogens is 238 g/mol. The van der Waals surface area contributed by atoms with Gasteiger partial charge in [0, 0.05) is 29.5 Å². The maximum atomic E-state index is 5.66. The summed E-state index contributed by atoms with van der Waals surface area (Å²) < 4.78 is 0. The van der Waals surface area contributed by atoms with Crippen LogP contribution < -0.4 is 5.73 Å². The molecular formula is C14H15N5. The number of aryl methyl sites for hydroxylation is 1. The lowest BCUT2D eigenvalue weighted by Crippen LogP contribution is -1.95. The largest absolute Gasteiger partial charge is 0.368 e. The number of nitrogens with two attached hydrogens (primary N) is 1. The molecule has 5 nitrogen and oxygen atoms in total. The number of anilines is 1. The Balaban J connectivity index is 2.24. The summed E-state index contributed by atoms with van der Waals surface area (Å²) >= 11 is 0. The topological polar surface area (TPSA) is 80.5 Å². The van der Waals surface area contributed by atoms with Crippen molar-refractivity contribution < 1.29 is 0 Å². The van der Waals surface area contributed by atoms with Crippen LogP contribution in [0.2, 0.25) is 0 Å². The Morgan fingerprint density at radius 1 is 1.21 bits per heavy atom. The van der Waals surface area contributed by atoms with Crippen LogP contribution >= 0.6 is 0 Å². The monoisotopic (exact) mass is 253 g/mol. The maximum absolute atomic E-state index is 5.66. The molecule has 0 spiro atoms. The molecule has 0 radical (unpaired) electrons. The predicted molar refractivity (Wildman–Crippen MR) is 75.5 cm³/mol. The Kier molecular flexibility index (Phi) is 2.87. The van der Waals surface area contributed by atoms with Crippen LogP contribution in [0.25, 0.3) is 22.3 Å². The van der Waals surface area contributed by atoms with Crippen molar-refractivity contribution >= 4 is 17.0 Å². The fourth-order valence-corrected chi connectivity index (χ4v) is 2.33. The zero-order chi connectivity index (χ0) is 13.2. The van der Waals surface area contributed by atoms with Crippen LogP contribution in [0.15, 0.2) is 30.7 Å². The van der Waals surface area contributed by atoms with Crippen molar-refractivity contribution in [1.29, 1.82) is 0 Å². The molecule has 3 aromatic rings. The van der Waals surface area contributed by atoms with E-state index < -0.39 is 0 Å². The Morgan fingerprint density at radius 3 is 2.84 bits per heavy atom. The van der Waals surface area contributed by atoms with E-state index in [9.17, 15) is 0 Å². The lowest BCUT2D eigenvalue weighted by Gasteiger charge is -2.04. The highest BCUT2D eigenvalue weighted by molar-refractivity contribution is 5.95. The van der Waals surface area contributed by atoms with Gasteiger partial charge in [-0.1, -0.05) is 13.3 Å². The first-order chi connectivity index (χ1) is 9.29. The molecule has 5 heteroatoms. The summed E-state index contributed by atoms with van der Waals surface area (Å²) in [7, 11) is 0. The Morgan fingerprint density at radius 2 is 2.05 bits per heavy atom. The van der Waals surface area contributed by atoms with Gasteiger partial charge in [0.05, 0.1) is 5.69 Å². The van der Waals surface area contributed by atoms with Gasteiger partial charge >= 0.3 is 0 Å². The average molecular weight is 253 g/mol. The van der Waals surface area contributed by atoms with E-state index in [1.54, 1.807) is 6.20 Å². The van der Waals surface area contributed by atoms with Gasteiger partial charge < -0.3 is 10.7 Å². The molecule has 0 aliphatic carbocycles. The standard InChI is InChI=1S/C14H15N5/c1-2-3-9-4-6-16-13-12(9)10(8-18-13)11-5-7-17-14(15)19-11/h4-8H,2-3H2,1H3,(H,16,18)(H2,15,17,19). The molecule has 3 aromatic heterocycles. The second kappa shape index (κ2) is 4.68. The number of nitrogen functional groups attached to an aromatic ring is 1. The molecule has 0 amide bonds. The van der Waals surface area contributed by atoms with Crippen LogP contribution in [0.1, 0.15) is 18.9 Å². The van der Waals surface area contributed by atoms with E-state index in [1.165, 1.54) is 5.56 Å². The number of hydrogen-bond acceptors (Lipinski definition) is 4. The van der Waals surface area contributed by atoms with Gasteiger partial charge in [-0.3, -0.25) is 0 Å². The van der Waals surface area contributed by atoms with Gasteiger partial charge in [-0.2, -0.15) is 0 Å². The number of hydrogen-bond donors (Lipinski definition) is 2. The van der Waals surface area contributed by atoms with Gasteiger partial charge in [-0.05, 0) is 24.1 Å². The average Bonchev–Trinajstić information content (AvgIpc) is 2.84. The van der Waals surface area contributed by atoms with Crippen molar-refractivity contribution in [3.63, 3.8) is 0 Å². The number of rotatable bonds is 3. The van der Waals surface area contributed by atoms with Crippen LogP contribution in [0, 0.1) is 0 Å². The number of H-pyrrole nitrogens is 1. The smallest absolute Gasteiger partial charge is 0.220 e. The fourth-order valence-electron chi connectivity index (χ4n) is 2.33. The molecule has 3 N–H and O–H groups in total. The predicted octanol–water partition coefficient (Wildman–Crippen LogP) is 2.55. The van der Waals surface area contributed by atoms with Crippen LogP contribution in [-0.2, 0) is 6.42 Å². The molecule has 0 aromatic carbocycles. The molecule has 3 heterocycles. The number of fused-ring (bicyclic) bond motifs is 1. The van der Waals surface area contributed by atoms with Crippen LogP contribution in [0.5, 0.6) is 0 Å². The molecule has 96 valence electrons. The normalized spacial score (nSPS) is 11.0. The molecule has 0 saturated heterocycles.